The molecule has 0 aliphatic heterocycles. The molecule has 0 unspecified atom stereocenters. The van der Waals surface area contributed by atoms with Gasteiger partial charge in [0.15, 0.2) is 5.11 Å². The largest absolute Gasteiger partial charge is 0.331 e. The van der Waals surface area contributed by atoms with Crippen molar-refractivity contribution in [2.45, 2.75) is 19.3 Å². The van der Waals surface area contributed by atoms with Crippen LogP contribution < -0.4 is 10.7 Å². The average Bonchev–Trinajstić information content (AvgIpc) is 2.96. The summed E-state index contributed by atoms with van der Waals surface area (Å²) in [6, 6.07) is 16.3. The van der Waals surface area contributed by atoms with Crippen LogP contribution in [0.2, 0.25) is 0 Å². The number of aryl methyl sites for hydroxylation is 2. The van der Waals surface area contributed by atoms with Crippen molar-refractivity contribution in [1.29, 1.82) is 0 Å². The molecule has 0 amide bonds. The third-order valence-corrected chi connectivity index (χ3v) is 3.73. The van der Waals surface area contributed by atoms with E-state index in [1.54, 1.807) is 6.21 Å². The van der Waals surface area contributed by atoms with Gasteiger partial charge < -0.3 is 5.32 Å². The van der Waals surface area contributed by atoms with Gasteiger partial charge >= 0.3 is 0 Å². The first kappa shape index (κ1) is 13.8. The third-order valence-electron chi connectivity index (χ3n) is 3.53. The molecule has 0 aromatic heterocycles. The Hall–Kier alpha value is -2.20. The van der Waals surface area contributed by atoms with E-state index in [1.807, 2.05) is 30.3 Å². The van der Waals surface area contributed by atoms with Crippen molar-refractivity contribution in [3.8, 4) is 0 Å². The van der Waals surface area contributed by atoms with Crippen molar-refractivity contribution in [3.63, 3.8) is 0 Å². The highest BCUT2D eigenvalue weighted by molar-refractivity contribution is 7.80. The molecule has 1 aliphatic carbocycles. The zero-order valence-electron chi connectivity index (χ0n) is 11.7. The maximum atomic E-state index is 5.19. The molecular weight excluding hydrogens is 278 g/mol. The van der Waals surface area contributed by atoms with Crippen LogP contribution in [0.1, 0.15) is 23.1 Å². The standard InChI is InChI=1S/C17H17N3S/c21-17(19-16-7-2-1-3-8-16)20-18-12-13-9-10-14-5-4-6-15(14)11-13/h1-3,7-12H,4-6H2,(H2,19,20,21). The summed E-state index contributed by atoms with van der Waals surface area (Å²) in [5.74, 6) is 0. The predicted octanol–water partition coefficient (Wildman–Crippen LogP) is 3.50. The van der Waals surface area contributed by atoms with Crippen LogP contribution in [-0.4, -0.2) is 11.3 Å². The second-order valence-corrected chi connectivity index (χ2v) is 5.48. The molecule has 0 radical (unpaired) electrons. The Bertz CT molecular complexity index is 665. The minimum absolute atomic E-state index is 0.485. The second-order valence-electron chi connectivity index (χ2n) is 5.07. The van der Waals surface area contributed by atoms with Crippen LogP contribution in [0.5, 0.6) is 0 Å². The van der Waals surface area contributed by atoms with Gasteiger partial charge in [0.2, 0.25) is 0 Å². The highest BCUT2D eigenvalue weighted by Gasteiger charge is 2.09. The van der Waals surface area contributed by atoms with Gasteiger partial charge in [-0.1, -0.05) is 30.3 Å². The molecular formula is C17H17N3S. The van der Waals surface area contributed by atoms with Gasteiger partial charge in [-0.2, -0.15) is 5.10 Å². The Labute approximate surface area is 130 Å². The van der Waals surface area contributed by atoms with Gasteiger partial charge in [0, 0.05) is 5.69 Å². The number of hydrogen-bond donors (Lipinski definition) is 2. The van der Waals surface area contributed by atoms with Crippen LogP contribution >= 0.6 is 12.2 Å². The highest BCUT2D eigenvalue weighted by atomic mass is 32.1. The SMILES string of the molecule is S=C(NN=Cc1ccc2c(c1)CCC2)Nc1ccccc1. The van der Waals surface area contributed by atoms with Crippen molar-refractivity contribution in [3.05, 3.63) is 65.2 Å². The van der Waals surface area contributed by atoms with E-state index in [9.17, 15) is 0 Å². The number of nitrogens with zero attached hydrogens (tertiary/aromatic N) is 1. The summed E-state index contributed by atoms with van der Waals surface area (Å²) >= 11 is 5.19. The molecule has 0 atom stereocenters. The minimum atomic E-state index is 0.485. The lowest BCUT2D eigenvalue weighted by molar-refractivity contribution is 0.912. The molecule has 3 nitrogen and oxygen atoms in total. The molecule has 106 valence electrons. The van der Waals surface area contributed by atoms with Gasteiger partial charge in [-0.15, -0.1) is 0 Å². The van der Waals surface area contributed by atoms with Crippen LogP contribution in [0.4, 0.5) is 5.69 Å². The van der Waals surface area contributed by atoms with Crippen molar-refractivity contribution in [1.82, 2.24) is 5.43 Å². The smallest absolute Gasteiger partial charge is 0.191 e. The van der Waals surface area contributed by atoms with E-state index in [4.69, 9.17) is 12.2 Å². The molecule has 0 heterocycles. The molecule has 0 bridgehead atoms. The Morgan fingerprint density at radius 2 is 1.86 bits per heavy atom. The normalized spacial score (nSPS) is 13.1. The first-order valence-corrected chi connectivity index (χ1v) is 7.49. The molecule has 4 heteroatoms. The Morgan fingerprint density at radius 1 is 1.05 bits per heavy atom. The van der Waals surface area contributed by atoms with Gasteiger partial charge in [-0.25, -0.2) is 0 Å². The monoisotopic (exact) mass is 295 g/mol. The Morgan fingerprint density at radius 3 is 2.71 bits per heavy atom. The van der Waals surface area contributed by atoms with E-state index in [0.717, 1.165) is 11.3 Å². The average molecular weight is 295 g/mol. The first-order valence-electron chi connectivity index (χ1n) is 7.08. The van der Waals surface area contributed by atoms with Gasteiger partial charge in [0.1, 0.15) is 0 Å². The first-order chi connectivity index (χ1) is 10.3. The number of fused-ring (bicyclic) bond motifs is 1. The fraction of sp³-hybridized carbons (Fsp3) is 0.176. The number of rotatable bonds is 3. The zero-order valence-corrected chi connectivity index (χ0v) is 12.5. The van der Waals surface area contributed by atoms with Crippen LogP contribution in [0, 0.1) is 0 Å². The van der Waals surface area contributed by atoms with Gasteiger partial charge in [-0.05, 0) is 66.4 Å². The topological polar surface area (TPSA) is 36.4 Å². The fourth-order valence-corrected chi connectivity index (χ4v) is 2.69. The number of anilines is 1. The summed E-state index contributed by atoms with van der Waals surface area (Å²) < 4.78 is 0. The van der Waals surface area contributed by atoms with E-state index in [1.165, 1.54) is 30.4 Å². The molecule has 0 saturated carbocycles. The minimum Gasteiger partial charge on any atom is -0.331 e. The lowest BCUT2D eigenvalue weighted by atomic mass is 10.1. The van der Waals surface area contributed by atoms with Crippen molar-refractivity contribution in [2.75, 3.05) is 5.32 Å². The number of para-hydroxylation sites is 1. The number of hydrazone groups is 1. The van der Waals surface area contributed by atoms with E-state index in [2.05, 4.69) is 34.0 Å². The lowest BCUT2D eigenvalue weighted by Gasteiger charge is -2.06. The summed E-state index contributed by atoms with van der Waals surface area (Å²) in [7, 11) is 0. The second kappa shape index (κ2) is 6.50. The van der Waals surface area contributed by atoms with Crippen molar-refractivity contribution in [2.24, 2.45) is 5.10 Å². The lowest BCUT2D eigenvalue weighted by Crippen LogP contribution is -2.23. The summed E-state index contributed by atoms with van der Waals surface area (Å²) in [6.45, 7) is 0. The number of thiocarbonyl (C=S) groups is 1. The molecule has 0 saturated heterocycles. The molecule has 2 N–H and O–H groups in total. The van der Waals surface area contributed by atoms with E-state index in [0.29, 0.717) is 5.11 Å². The summed E-state index contributed by atoms with van der Waals surface area (Å²) in [4.78, 5) is 0. The zero-order chi connectivity index (χ0) is 14.5. The molecule has 3 rings (SSSR count). The molecule has 21 heavy (non-hydrogen) atoms. The van der Waals surface area contributed by atoms with Crippen LogP contribution in [-0.2, 0) is 12.8 Å². The molecule has 0 spiro atoms. The summed E-state index contributed by atoms with van der Waals surface area (Å²) in [5.41, 5.74) is 7.81. The number of nitrogens with one attached hydrogen (secondary N) is 2. The molecule has 2 aromatic carbocycles. The van der Waals surface area contributed by atoms with Crippen LogP contribution in [0.25, 0.3) is 0 Å². The summed E-state index contributed by atoms with van der Waals surface area (Å²) in [6.07, 6.45) is 5.45. The van der Waals surface area contributed by atoms with Crippen molar-refractivity contribution >= 4 is 29.2 Å². The fourth-order valence-electron chi connectivity index (χ4n) is 2.52. The quantitative estimate of drug-likeness (QED) is 0.517. The van der Waals surface area contributed by atoms with Crippen molar-refractivity contribution < 1.29 is 0 Å². The number of hydrogen-bond acceptors (Lipinski definition) is 2. The maximum absolute atomic E-state index is 5.19. The summed E-state index contributed by atoms with van der Waals surface area (Å²) in [5, 5.41) is 7.75. The van der Waals surface area contributed by atoms with Gasteiger partial charge in [-0.3, -0.25) is 5.43 Å². The van der Waals surface area contributed by atoms with Crippen LogP contribution in [0.3, 0.4) is 0 Å². The predicted molar refractivity (Wildman–Crippen MR) is 91.9 cm³/mol. The molecule has 0 fully saturated rings. The highest BCUT2D eigenvalue weighted by Crippen LogP contribution is 2.22. The van der Waals surface area contributed by atoms with E-state index < -0.39 is 0 Å². The van der Waals surface area contributed by atoms with E-state index >= 15 is 0 Å². The molecule has 1 aliphatic rings. The number of benzene rings is 2. The van der Waals surface area contributed by atoms with E-state index in [-0.39, 0.29) is 0 Å². The molecule has 2 aromatic rings. The Balaban J connectivity index is 1.56. The maximum Gasteiger partial charge on any atom is 0.191 e. The van der Waals surface area contributed by atoms with Gasteiger partial charge in [0.25, 0.3) is 0 Å². The third kappa shape index (κ3) is 3.67. The Kier molecular flexibility index (Phi) is 4.26. The van der Waals surface area contributed by atoms with Crippen LogP contribution in [0.15, 0.2) is 53.6 Å². The van der Waals surface area contributed by atoms with Gasteiger partial charge in [0.05, 0.1) is 6.21 Å².